The van der Waals surface area contributed by atoms with Crippen LogP contribution in [0.2, 0.25) is 0 Å². The number of rotatable bonds is 6. The molecule has 1 saturated carbocycles. The van der Waals surface area contributed by atoms with E-state index in [9.17, 15) is 0 Å². The Hall–Kier alpha value is -0.480. The molecule has 1 heteroatoms. The lowest BCUT2D eigenvalue weighted by Gasteiger charge is -2.09. The molecule has 0 atom stereocenters. The smallest absolute Gasteiger partial charge is 0.00865 e. The van der Waals surface area contributed by atoms with E-state index in [1.807, 2.05) is 0 Å². The van der Waals surface area contributed by atoms with Crippen LogP contribution in [0.5, 0.6) is 0 Å². The van der Waals surface area contributed by atoms with Crippen molar-refractivity contribution in [1.29, 1.82) is 0 Å². The fraction of sp³-hybridized carbons (Fsp3) is 0.833. The van der Waals surface area contributed by atoms with E-state index in [4.69, 9.17) is 6.42 Å². The fourth-order valence-electron chi connectivity index (χ4n) is 2.00. The molecule has 0 bridgehead atoms. The second-order valence-corrected chi connectivity index (χ2v) is 4.02. The molecule has 0 spiro atoms. The maximum atomic E-state index is 5.17. The average Bonchev–Trinajstić information content (AvgIpc) is 2.63. The summed E-state index contributed by atoms with van der Waals surface area (Å²) in [5, 5.41) is 3.52. The number of terminal acetylenes is 1. The zero-order chi connectivity index (χ0) is 9.36. The van der Waals surface area contributed by atoms with Gasteiger partial charge in [0, 0.05) is 6.42 Å². The van der Waals surface area contributed by atoms with E-state index >= 15 is 0 Å². The van der Waals surface area contributed by atoms with Crippen molar-refractivity contribution in [1.82, 2.24) is 5.32 Å². The summed E-state index contributed by atoms with van der Waals surface area (Å²) in [5.41, 5.74) is 0. The molecule has 0 aliphatic heterocycles. The molecule has 0 saturated heterocycles. The van der Waals surface area contributed by atoms with E-state index in [0.29, 0.717) is 0 Å². The van der Waals surface area contributed by atoms with Crippen molar-refractivity contribution < 1.29 is 0 Å². The highest BCUT2D eigenvalue weighted by molar-refractivity contribution is 4.82. The second-order valence-electron chi connectivity index (χ2n) is 4.02. The third-order valence-electron chi connectivity index (χ3n) is 2.83. The normalized spacial score (nSPS) is 17.5. The van der Waals surface area contributed by atoms with Gasteiger partial charge in [-0.1, -0.05) is 12.8 Å². The molecule has 1 nitrogen and oxygen atoms in total. The Kier molecular flexibility index (Phi) is 5.69. The van der Waals surface area contributed by atoms with Crippen molar-refractivity contribution in [3.63, 3.8) is 0 Å². The molecular weight excluding hydrogens is 158 g/mol. The van der Waals surface area contributed by atoms with Gasteiger partial charge in [-0.3, -0.25) is 0 Å². The second kappa shape index (κ2) is 6.97. The van der Waals surface area contributed by atoms with Crippen LogP contribution in [0.15, 0.2) is 0 Å². The van der Waals surface area contributed by atoms with Crippen molar-refractivity contribution in [2.75, 3.05) is 13.1 Å². The summed E-state index contributed by atoms with van der Waals surface area (Å²) in [6.45, 7) is 2.38. The number of hydrogen-bond acceptors (Lipinski definition) is 1. The highest BCUT2D eigenvalue weighted by atomic mass is 14.9. The van der Waals surface area contributed by atoms with Crippen molar-refractivity contribution in [2.45, 2.75) is 44.9 Å². The van der Waals surface area contributed by atoms with Gasteiger partial charge in [0.15, 0.2) is 0 Å². The maximum Gasteiger partial charge on any atom is 0.00865 e. The molecule has 1 aliphatic rings. The van der Waals surface area contributed by atoms with Crippen LogP contribution >= 0.6 is 0 Å². The van der Waals surface area contributed by atoms with Gasteiger partial charge in [-0.25, -0.2) is 0 Å². The Morgan fingerprint density at radius 1 is 1.23 bits per heavy atom. The van der Waals surface area contributed by atoms with Crippen LogP contribution in [-0.4, -0.2) is 13.1 Å². The van der Waals surface area contributed by atoms with Crippen molar-refractivity contribution in [3.05, 3.63) is 0 Å². The molecule has 1 aliphatic carbocycles. The Morgan fingerprint density at radius 3 is 2.69 bits per heavy atom. The molecule has 74 valence electrons. The predicted molar refractivity (Wildman–Crippen MR) is 57.5 cm³/mol. The Labute approximate surface area is 82.3 Å². The number of unbranched alkanes of at least 4 members (excludes halogenated alkanes) is 2. The van der Waals surface area contributed by atoms with Crippen molar-refractivity contribution in [2.24, 2.45) is 5.92 Å². The van der Waals surface area contributed by atoms with Gasteiger partial charge < -0.3 is 5.32 Å². The van der Waals surface area contributed by atoms with Crippen molar-refractivity contribution >= 4 is 0 Å². The van der Waals surface area contributed by atoms with Gasteiger partial charge in [0.05, 0.1) is 0 Å². The minimum Gasteiger partial charge on any atom is -0.316 e. The van der Waals surface area contributed by atoms with Gasteiger partial charge in [0.2, 0.25) is 0 Å². The molecule has 0 radical (unpaired) electrons. The van der Waals surface area contributed by atoms with Crippen LogP contribution in [0.25, 0.3) is 0 Å². The first-order valence-corrected chi connectivity index (χ1v) is 5.57. The van der Waals surface area contributed by atoms with Gasteiger partial charge in [0.25, 0.3) is 0 Å². The first kappa shape index (κ1) is 10.6. The zero-order valence-electron chi connectivity index (χ0n) is 8.52. The van der Waals surface area contributed by atoms with Gasteiger partial charge in [-0.05, 0) is 44.7 Å². The van der Waals surface area contributed by atoms with E-state index in [-0.39, 0.29) is 0 Å². The summed E-state index contributed by atoms with van der Waals surface area (Å²) in [6.07, 6.45) is 14.3. The molecule has 1 N–H and O–H groups in total. The highest BCUT2D eigenvalue weighted by Crippen LogP contribution is 2.23. The SMILES string of the molecule is C#CCCCCNCC1CCCC1. The maximum absolute atomic E-state index is 5.17. The van der Waals surface area contributed by atoms with E-state index in [1.54, 1.807) is 0 Å². The molecule has 0 aromatic heterocycles. The summed E-state index contributed by atoms with van der Waals surface area (Å²) < 4.78 is 0. The summed E-state index contributed by atoms with van der Waals surface area (Å²) in [4.78, 5) is 0. The fourth-order valence-corrected chi connectivity index (χ4v) is 2.00. The van der Waals surface area contributed by atoms with Gasteiger partial charge in [-0.15, -0.1) is 12.3 Å². The minimum absolute atomic E-state index is 0.936. The topological polar surface area (TPSA) is 12.0 Å². The number of nitrogens with one attached hydrogen (secondary N) is 1. The lowest BCUT2D eigenvalue weighted by molar-refractivity contribution is 0.483. The summed E-state index contributed by atoms with van der Waals surface area (Å²) >= 11 is 0. The van der Waals surface area contributed by atoms with E-state index in [1.165, 1.54) is 45.1 Å². The monoisotopic (exact) mass is 179 g/mol. The lowest BCUT2D eigenvalue weighted by atomic mass is 10.1. The van der Waals surface area contributed by atoms with Gasteiger partial charge >= 0.3 is 0 Å². The quantitative estimate of drug-likeness (QED) is 0.488. The Balaban J connectivity index is 1.81. The van der Waals surface area contributed by atoms with Crippen molar-refractivity contribution in [3.8, 4) is 12.3 Å². The molecule has 0 unspecified atom stereocenters. The molecule has 13 heavy (non-hydrogen) atoms. The zero-order valence-corrected chi connectivity index (χ0v) is 8.52. The summed E-state index contributed by atoms with van der Waals surface area (Å²) in [7, 11) is 0. The summed E-state index contributed by atoms with van der Waals surface area (Å²) in [5.74, 6) is 3.64. The summed E-state index contributed by atoms with van der Waals surface area (Å²) in [6, 6.07) is 0. The minimum atomic E-state index is 0.936. The van der Waals surface area contributed by atoms with Crippen LogP contribution in [0, 0.1) is 18.3 Å². The van der Waals surface area contributed by atoms with Crippen LogP contribution < -0.4 is 5.32 Å². The van der Waals surface area contributed by atoms with E-state index in [2.05, 4.69) is 11.2 Å². The Bertz CT molecular complexity index is 151. The average molecular weight is 179 g/mol. The number of hydrogen-bond donors (Lipinski definition) is 1. The van der Waals surface area contributed by atoms with E-state index in [0.717, 1.165) is 18.9 Å². The first-order valence-electron chi connectivity index (χ1n) is 5.57. The third-order valence-corrected chi connectivity index (χ3v) is 2.83. The molecule has 0 aromatic carbocycles. The first-order chi connectivity index (χ1) is 6.43. The molecule has 1 rings (SSSR count). The largest absolute Gasteiger partial charge is 0.316 e. The molecule has 1 fully saturated rings. The molecule has 0 aromatic rings. The molecular formula is C12H21N. The van der Waals surface area contributed by atoms with Crippen LogP contribution in [0.4, 0.5) is 0 Å². The highest BCUT2D eigenvalue weighted by Gasteiger charge is 2.13. The van der Waals surface area contributed by atoms with Gasteiger partial charge in [-0.2, -0.15) is 0 Å². The third kappa shape index (κ3) is 4.95. The lowest BCUT2D eigenvalue weighted by Crippen LogP contribution is -2.22. The standard InChI is InChI=1S/C12H21N/c1-2-3-4-7-10-13-11-12-8-5-6-9-12/h1,12-13H,3-11H2. The predicted octanol–water partition coefficient (Wildman–Crippen LogP) is 2.57. The molecule has 0 heterocycles. The van der Waals surface area contributed by atoms with Crippen LogP contribution in [-0.2, 0) is 0 Å². The molecule has 0 amide bonds. The van der Waals surface area contributed by atoms with Crippen LogP contribution in [0.3, 0.4) is 0 Å². The van der Waals surface area contributed by atoms with Gasteiger partial charge in [0.1, 0.15) is 0 Å². The van der Waals surface area contributed by atoms with E-state index < -0.39 is 0 Å². The van der Waals surface area contributed by atoms with Crippen LogP contribution in [0.1, 0.15) is 44.9 Å². The Morgan fingerprint density at radius 2 is 2.00 bits per heavy atom.